The molecule has 0 aromatic heterocycles. The van der Waals surface area contributed by atoms with E-state index in [2.05, 4.69) is 34.6 Å². The van der Waals surface area contributed by atoms with Crippen LogP contribution in [-0.4, -0.2) is 37.9 Å². The van der Waals surface area contributed by atoms with Crippen LogP contribution in [-0.2, 0) is 21.7 Å². The van der Waals surface area contributed by atoms with Gasteiger partial charge in [0.05, 0.1) is 0 Å². The summed E-state index contributed by atoms with van der Waals surface area (Å²) < 4.78 is 0. The largest absolute Gasteiger partial charge is 3.00 e. The normalized spacial score (nSPS) is 11.1. The molecule has 0 aromatic rings. The second-order valence-electron chi connectivity index (χ2n) is 26.3. The molecular weight excluding hydrogens is 1060 g/mol. The van der Waals surface area contributed by atoms with E-state index in [1.807, 2.05) is 0 Å². The van der Waals surface area contributed by atoms with Gasteiger partial charge >= 0.3 is 21.7 Å². The van der Waals surface area contributed by atoms with E-state index in [4.69, 9.17) is 15.7 Å². The molecular formula is C78H162ClN2OTi. The number of unbranched alkanes of at least 4 members (excludes halogenated alkanes) is 63. The molecule has 1 N–H and O–H groups in total. The molecule has 0 aliphatic rings. The van der Waals surface area contributed by atoms with Gasteiger partial charge in [0, 0.05) is 6.61 Å². The van der Waals surface area contributed by atoms with Crippen LogP contribution in [0.15, 0.2) is 0 Å². The Morgan fingerprint density at radius 1 is 0.157 bits per heavy atom. The van der Waals surface area contributed by atoms with Crippen LogP contribution in [0.3, 0.4) is 0 Å². The molecule has 0 aromatic carbocycles. The third-order valence-corrected chi connectivity index (χ3v) is 17.7. The van der Waals surface area contributed by atoms with Crippen molar-refractivity contribution >= 4 is 0 Å². The predicted octanol–water partition coefficient (Wildman–Crippen LogP) is 26.3. The maximum Gasteiger partial charge on any atom is 3.00 e. The molecule has 0 unspecified atom stereocenters. The van der Waals surface area contributed by atoms with Crippen molar-refractivity contribution in [2.75, 3.05) is 32.8 Å². The first-order valence-electron chi connectivity index (χ1n) is 39.1. The molecule has 0 amide bonds. The van der Waals surface area contributed by atoms with Gasteiger partial charge < -0.3 is 28.1 Å². The molecule has 1 radical (unpaired) electrons. The van der Waals surface area contributed by atoms with E-state index >= 15 is 0 Å². The Hall–Kier alpha value is 0.884. The Morgan fingerprint density at radius 3 is 0.361 bits per heavy atom. The zero-order valence-electron chi connectivity index (χ0n) is 58.8. The minimum Gasteiger partial charge on any atom is -1.00 e. The van der Waals surface area contributed by atoms with E-state index in [9.17, 15) is 0 Å². The quantitative estimate of drug-likeness (QED) is 0.0479. The van der Waals surface area contributed by atoms with Gasteiger partial charge in [0.1, 0.15) is 0 Å². The molecule has 0 aliphatic carbocycles. The minimum absolute atomic E-state index is 0. The first-order chi connectivity index (χ1) is 40.2. The second kappa shape index (κ2) is 96.5. The summed E-state index contributed by atoms with van der Waals surface area (Å²) in [6.07, 6.45) is 97.4. The molecule has 0 saturated carbocycles. The molecule has 0 bridgehead atoms. The van der Waals surface area contributed by atoms with E-state index < -0.39 is 0 Å². The Bertz CT molecular complexity index is 829. The molecule has 0 fully saturated rings. The Balaban J connectivity index is -0.000000427. The summed E-state index contributed by atoms with van der Waals surface area (Å²) in [6, 6.07) is 0. The van der Waals surface area contributed by atoms with Crippen LogP contribution in [0, 0.1) is 0 Å². The third-order valence-electron chi connectivity index (χ3n) is 17.7. The first-order valence-corrected chi connectivity index (χ1v) is 39.1. The Morgan fingerprint density at radius 2 is 0.253 bits per heavy atom. The summed E-state index contributed by atoms with van der Waals surface area (Å²) in [5.74, 6) is 0. The second-order valence-corrected chi connectivity index (χ2v) is 26.3. The molecule has 3 nitrogen and oxygen atoms in total. The van der Waals surface area contributed by atoms with Gasteiger partial charge in [-0.05, 0) is 6.42 Å². The molecule has 0 saturated heterocycles. The van der Waals surface area contributed by atoms with Crippen LogP contribution < -0.4 is 12.4 Å². The van der Waals surface area contributed by atoms with Gasteiger partial charge in [-0.1, -0.05) is 465 Å². The molecule has 0 rings (SSSR count). The fourth-order valence-electron chi connectivity index (χ4n) is 11.8. The number of aliphatic hydroxyl groups excluding tert-OH is 1. The van der Waals surface area contributed by atoms with Gasteiger partial charge in [-0.3, -0.25) is 0 Å². The van der Waals surface area contributed by atoms with Crippen LogP contribution in [0.2, 0.25) is 0 Å². The van der Waals surface area contributed by atoms with E-state index in [1.54, 1.807) is 0 Å². The summed E-state index contributed by atoms with van der Waals surface area (Å²) in [5, 5.41) is 17.8. The molecule has 0 heterocycles. The Kier molecular flexibility index (Phi) is 108. The van der Waals surface area contributed by atoms with Gasteiger partial charge in [0.2, 0.25) is 0 Å². The number of hydrogen-bond donors (Lipinski definition) is 1. The molecule has 0 aliphatic heterocycles. The summed E-state index contributed by atoms with van der Waals surface area (Å²) in [7, 11) is 0. The van der Waals surface area contributed by atoms with Crippen LogP contribution in [0.5, 0.6) is 0 Å². The molecule has 83 heavy (non-hydrogen) atoms. The topological polar surface area (TPSA) is 48.4 Å². The van der Waals surface area contributed by atoms with Crippen LogP contribution in [0.25, 0.3) is 10.6 Å². The zero-order chi connectivity index (χ0) is 59.0. The average Bonchev–Trinajstić information content (AvgIpc) is 3.48. The van der Waals surface area contributed by atoms with Crippen molar-refractivity contribution in [1.82, 2.24) is 0 Å². The minimum atomic E-state index is 0. The smallest absolute Gasteiger partial charge is 1.00 e. The zero-order valence-corrected chi connectivity index (χ0v) is 61.2. The van der Waals surface area contributed by atoms with Gasteiger partial charge in [-0.2, -0.15) is 0 Å². The predicted molar refractivity (Wildman–Crippen MR) is 376 cm³/mol. The first kappa shape index (κ1) is 92.6. The number of nitrogens with zero attached hydrogens (tertiary/aromatic N) is 2. The molecule has 0 spiro atoms. The van der Waals surface area contributed by atoms with Crippen molar-refractivity contribution in [3.63, 3.8) is 0 Å². The standard InChI is InChI=1S/2C36H74N.C6H14O.ClH.Ti/c2*1-3-5-7-9-11-13-15-17-19-21-23-25-27-29-31-33-35-37-36-34-32-30-28-26-24-22-20-18-16-14-12-10-8-6-4-2;1-2-3-4-5-6-7;;/h2*3-36H2,1-2H3;7H,2-6H2,1H3;1H;/q2*-1;;;+3/p-1. The van der Waals surface area contributed by atoms with Crippen molar-refractivity contribution in [3.8, 4) is 0 Å². The summed E-state index contributed by atoms with van der Waals surface area (Å²) in [4.78, 5) is 0. The van der Waals surface area contributed by atoms with Gasteiger partial charge in [0.25, 0.3) is 0 Å². The van der Waals surface area contributed by atoms with E-state index in [0.717, 1.165) is 32.6 Å². The fourth-order valence-corrected chi connectivity index (χ4v) is 11.8. The van der Waals surface area contributed by atoms with E-state index in [1.165, 1.54) is 430 Å². The number of rotatable bonds is 72. The number of hydrogen-bond acceptors (Lipinski definition) is 1. The number of halogens is 1. The van der Waals surface area contributed by atoms with Gasteiger partial charge in [0.15, 0.2) is 0 Å². The summed E-state index contributed by atoms with van der Waals surface area (Å²) in [5.41, 5.74) is 0. The fraction of sp³-hybridized carbons (Fsp3) is 1.00. The molecule has 501 valence electrons. The average molecular weight is 1230 g/mol. The van der Waals surface area contributed by atoms with Crippen molar-refractivity contribution in [2.45, 2.75) is 471 Å². The summed E-state index contributed by atoms with van der Waals surface area (Å²) >= 11 is 0. The van der Waals surface area contributed by atoms with Crippen molar-refractivity contribution < 1.29 is 39.2 Å². The SMILES string of the molecule is CCCCCCCCCCCCCCCCCC[N-]CCCCCCCCCCCCCCCCCC.CCCCCCCCCCCCCCCCCC[N-]CCCCCCCCCCCCCCCCCC.CCCCCCO.[Cl-].[Ti+3]. The number of aliphatic hydroxyl groups is 1. The van der Waals surface area contributed by atoms with Crippen LogP contribution >= 0.6 is 0 Å². The van der Waals surface area contributed by atoms with Crippen molar-refractivity contribution in [3.05, 3.63) is 10.6 Å². The van der Waals surface area contributed by atoms with Gasteiger partial charge in [-0.15, -0.1) is 26.2 Å². The van der Waals surface area contributed by atoms with Crippen LogP contribution in [0.1, 0.15) is 471 Å². The monoisotopic (exact) mass is 1230 g/mol. The van der Waals surface area contributed by atoms with Crippen molar-refractivity contribution in [1.29, 1.82) is 0 Å². The molecule has 0 atom stereocenters. The maximum atomic E-state index is 8.29. The Labute approximate surface area is 550 Å². The van der Waals surface area contributed by atoms with Gasteiger partial charge in [-0.25, -0.2) is 0 Å². The van der Waals surface area contributed by atoms with Crippen molar-refractivity contribution in [2.24, 2.45) is 0 Å². The molecule has 5 heteroatoms. The van der Waals surface area contributed by atoms with Crippen LogP contribution in [0.4, 0.5) is 0 Å². The van der Waals surface area contributed by atoms with E-state index in [0.29, 0.717) is 6.61 Å². The maximum absolute atomic E-state index is 8.29. The summed E-state index contributed by atoms with van der Waals surface area (Å²) in [6.45, 7) is 16.2. The van der Waals surface area contributed by atoms with E-state index in [-0.39, 0.29) is 34.1 Å². The third kappa shape index (κ3) is 102.